The molecule has 2 N–H and O–H groups in total. The quantitative estimate of drug-likeness (QED) is 0.505. The van der Waals surface area contributed by atoms with Crippen molar-refractivity contribution in [2.45, 2.75) is 18.4 Å². The number of rotatable bonds is 7. The third-order valence-corrected chi connectivity index (χ3v) is 6.09. The van der Waals surface area contributed by atoms with Gasteiger partial charge in [0.1, 0.15) is 12.6 Å². The molecule has 0 saturated heterocycles. The van der Waals surface area contributed by atoms with Crippen molar-refractivity contribution in [3.05, 3.63) is 89.5 Å². The minimum absolute atomic E-state index is 0.0272. The maximum Gasteiger partial charge on any atom is 0.407 e. The molecule has 2 amide bonds. The Morgan fingerprint density at radius 2 is 1.57 bits per heavy atom. The van der Waals surface area contributed by atoms with Crippen molar-refractivity contribution in [3.63, 3.8) is 0 Å². The van der Waals surface area contributed by atoms with Crippen molar-refractivity contribution in [1.29, 1.82) is 0 Å². The van der Waals surface area contributed by atoms with Crippen LogP contribution in [0.3, 0.4) is 0 Å². The Kier molecular flexibility index (Phi) is 6.83. The van der Waals surface area contributed by atoms with Crippen molar-refractivity contribution < 1.29 is 24.2 Å². The Labute approximate surface area is 203 Å². The number of carboxylic acid groups (broad SMARTS) is 1. The second kappa shape index (κ2) is 10.1. The van der Waals surface area contributed by atoms with Gasteiger partial charge in [0.25, 0.3) is 0 Å². The standard InChI is InChI=1S/C28H24N2O5/c1-3-8-25(26(31)30(2)19-15-13-18(14-16-19)27(32)33)29-28(34)35-17-24-22-11-6-4-9-20(22)21-10-5-7-12-23(21)24/h1,4-7,9-16,24-25H,8,17H2,2H3,(H,29,34)(H,32,33). The number of nitrogens with zero attached hydrogens (tertiary/aromatic N) is 1. The Morgan fingerprint density at radius 3 is 2.11 bits per heavy atom. The van der Waals surface area contributed by atoms with Crippen LogP contribution in [0.25, 0.3) is 11.1 Å². The van der Waals surface area contributed by atoms with Crippen molar-refractivity contribution in [2.24, 2.45) is 0 Å². The molecule has 1 aliphatic rings. The van der Waals surface area contributed by atoms with Gasteiger partial charge in [-0.2, -0.15) is 0 Å². The summed E-state index contributed by atoms with van der Waals surface area (Å²) >= 11 is 0. The minimum Gasteiger partial charge on any atom is -0.478 e. The lowest BCUT2D eigenvalue weighted by atomic mass is 9.98. The summed E-state index contributed by atoms with van der Waals surface area (Å²) in [4.78, 5) is 38.1. The molecule has 0 fully saturated rings. The lowest BCUT2D eigenvalue weighted by molar-refractivity contribution is -0.120. The number of benzene rings is 3. The van der Waals surface area contributed by atoms with Gasteiger partial charge >= 0.3 is 12.1 Å². The van der Waals surface area contributed by atoms with E-state index in [-0.39, 0.29) is 24.5 Å². The molecule has 0 aliphatic heterocycles. The maximum absolute atomic E-state index is 13.0. The summed E-state index contributed by atoms with van der Waals surface area (Å²) in [6.45, 7) is 0.114. The number of likely N-dealkylation sites (N-methyl/N-ethyl adjacent to an activating group) is 1. The first-order valence-electron chi connectivity index (χ1n) is 11.1. The van der Waals surface area contributed by atoms with Crippen molar-refractivity contribution in [3.8, 4) is 23.5 Å². The number of hydrogen-bond acceptors (Lipinski definition) is 4. The molecule has 1 atom stereocenters. The zero-order valence-corrected chi connectivity index (χ0v) is 19.1. The van der Waals surface area contributed by atoms with Crippen LogP contribution < -0.4 is 10.2 Å². The number of amides is 2. The molecular weight excluding hydrogens is 444 g/mol. The van der Waals surface area contributed by atoms with Gasteiger partial charge < -0.3 is 20.1 Å². The van der Waals surface area contributed by atoms with Gasteiger partial charge in [-0.1, -0.05) is 48.5 Å². The molecule has 0 saturated carbocycles. The fourth-order valence-electron chi connectivity index (χ4n) is 4.29. The summed E-state index contributed by atoms with van der Waals surface area (Å²) in [6.07, 6.45) is 4.67. The molecule has 7 heteroatoms. The van der Waals surface area contributed by atoms with Crippen LogP contribution in [0.4, 0.5) is 10.5 Å². The Morgan fingerprint density at radius 1 is 1.00 bits per heavy atom. The van der Waals surface area contributed by atoms with E-state index in [0.717, 1.165) is 22.3 Å². The van der Waals surface area contributed by atoms with E-state index >= 15 is 0 Å². The van der Waals surface area contributed by atoms with E-state index in [9.17, 15) is 14.4 Å². The van der Waals surface area contributed by atoms with Gasteiger partial charge in [0.2, 0.25) is 5.91 Å². The van der Waals surface area contributed by atoms with Crippen LogP contribution in [0.5, 0.6) is 0 Å². The van der Waals surface area contributed by atoms with Gasteiger partial charge in [-0.3, -0.25) is 4.79 Å². The zero-order valence-electron chi connectivity index (χ0n) is 19.1. The average molecular weight is 469 g/mol. The molecule has 4 rings (SSSR count). The molecule has 0 heterocycles. The fraction of sp³-hybridized carbons (Fsp3) is 0.179. The number of nitrogens with one attached hydrogen (secondary N) is 1. The second-order valence-corrected chi connectivity index (χ2v) is 8.18. The molecule has 0 radical (unpaired) electrons. The molecule has 0 bridgehead atoms. The number of fused-ring (bicyclic) bond motifs is 3. The van der Waals surface area contributed by atoms with Gasteiger partial charge in [0.15, 0.2) is 0 Å². The van der Waals surface area contributed by atoms with Gasteiger partial charge in [-0.25, -0.2) is 9.59 Å². The topological polar surface area (TPSA) is 95.9 Å². The number of carbonyl (C=O) groups is 3. The molecule has 7 nitrogen and oxygen atoms in total. The maximum atomic E-state index is 13.0. The van der Waals surface area contributed by atoms with Crippen LogP contribution in [0.15, 0.2) is 72.8 Å². The summed E-state index contributed by atoms with van der Waals surface area (Å²) in [6, 6.07) is 20.9. The molecular formula is C28H24N2O5. The first kappa shape index (κ1) is 23.6. The summed E-state index contributed by atoms with van der Waals surface area (Å²) in [5.41, 5.74) is 4.98. The van der Waals surface area contributed by atoms with Crippen LogP contribution in [0, 0.1) is 12.3 Å². The molecule has 0 spiro atoms. The van der Waals surface area contributed by atoms with E-state index in [2.05, 4.69) is 23.4 Å². The predicted octanol–water partition coefficient (Wildman–Crippen LogP) is 4.28. The number of carbonyl (C=O) groups excluding carboxylic acids is 2. The molecule has 0 aromatic heterocycles. The summed E-state index contributed by atoms with van der Waals surface area (Å²) < 4.78 is 5.54. The molecule has 3 aromatic carbocycles. The largest absolute Gasteiger partial charge is 0.478 e. The number of aromatic carboxylic acids is 1. The number of alkyl carbamates (subject to hydrolysis) is 1. The van der Waals surface area contributed by atoms with Gasteiger partial charge in [0, 0.05) is 25.1 Å². The van der Waals surface area contributed by atoms with E-state index in [4.69, 9.17) is 16.3 Å². The molecule has 3 aromatic rings. The van der Waals surface area contributed by atoms with Crippen LogP contribution in [0.1, 0.15) is 33.8 Å². The Balaban J connectivity index is 1.43. The molecule has 1 aliphatic carbocycles. The number of carboxylic acids is 1. The predicted molar refractivity (Wildman–Crippen MR) is 132 cm³/mol. The summed E-state index contributed by atoms with van der Waals surface area (Å²) in [5.74, 6) is 0.799. The highest BCUT2D eigenvalue weighted by Crippen LogP contribution is 2.44. The summed E-state index contributed by atoms with van der Waals surface area (Å²) in [5, 5.41) is 11.6. The monoisotopic (exact) mass is 468 g/mol. The van der Waals surface area contributed by atoms with E-state index in [0.29, 0.717) is 5.69 Å². The highest BCUT2D eigenvalue weighted by Gasteiger charge is 2.30. The van der Waals surface area contributed by atoms with Crippen molar-refractivity contribution >= 4 is 23.7 Å². The highest BCUT2D eigenvalue weighted by molar-refractivity contribution is 5.99. The summed E-state index contributed by atoms with van der Waals surface area (Å²) in [7, 11) is 1.53. The van der Waals surface area contributed by atoms with Gasteiger partial charge in [-0.15, -0.1) is 12.3 Å². The lowest BCUT2D eigenvalue weighted by Gasteiger charge is -2.24. The molecule has 176 valence electrons. The molecule has 1 unspecified atom stereocenters. The third kappa shape index (κ3) is 4.87. The van der Waals surface area contributed by atoms with Crippen molar-refractivity contribution in [2.75, 3.05) is 18.6 Å². The zero-order chi connectivity index (χ0) is 24.9. The van der Waals surface area contributed by atoms with Gasteiger partial charge in [0.05, 0.1) is 5.56 Å². The lowest BCUT2D eigenvalue weighted by Crippen LogP contribution is -2.47. The van der Waals surface area contributed by atoms with Crippen LogP contribution in [-0.2, 0) is 9.53 Å². The van der Waals surface area contributed by atoms with E-state index in [1.54, 1.807) is 0 Å². The van der Waals surface area contributed by atoms with E-state index < -0.39 is 24.0 Å². The fourth-order valence-corrected chi connectivity index (χ4v) is 4.29. The SMILES string of the molecule is C#CCC(NC(=O)OCC1c2ccccc2-c2ccccc21)C(=O)N(C)c1ccc(C(=O)O)cc1. The van der Waals surface area contributed by atoms with E-state index in [1.807, 2.05) is 36.4 Å². The first-order valence-corrected chi connectivity index (χ1v) is 11.1. The first-order chi connectivity index (χ1) is 16.9. The number of anilines is 1. The van der Waals surface area contributed by atoms with Crippen LogP contribution >= 0.6 is 0 Å². The highest BCUT2D eigenvalue weighted by atomic mass is 16.5. The average Bonchev–Trinajstić information content (AvgIpc) is 3.20. The normalized spacial score (nSPS) is 12.6. The smallest absolute Gasteiger partial charge is 0.407 e. The number of terminal acetylenes is 1. The number of hydrogen-bond donors (Lipinski definition) is 2. The number of ether oxygens (including phenoxy) is 1. The molecule has 35 heavy (non-hydrogen) atoms. The third-order valence-electron chi connectivity index (χ3n) is 6.09. The minimum atomic E-state index is -1.06. The van der Waals surface area contributed by atoms with E-state index in [1.165, 1.54) is 36.2 Å². The second-order valence-electron chi connectivity index (χ2n) is 8.18. The van der Waals surface area contributed by atoms with Crippen molar-refractivity contribution in [1.82, 2.24) is 5.32 Å². The Hall–Kier alpha value is -4.57. The van der Waals surface area contributed by atoms with Gasteiger partial charge in [-0.05, 0) is 46.5 Å². The van der Waals surface area contributed by atoms with Crippen LogP contribution in [0.2, 0.25) is 0 Å². The Bertz CT molecular complexity index is 1260. The van der Waals surface area contributed by atoms with Crippen LogP contribution in [-0.4, -0.2) is 42.8 Å².